The summed E-state index contributed by atoms with van der Waals surface area (Å²) in [6.45, 7) is 6.07. The van der Waals surface area contributed by atoms with E-state index in [1.807, 2.05) is 19.9 Å². The molecule has 2 aromatic rings. The van der Waals surface area contributed by atoms with Crippen LogP contribution in [0, 0.1) is 0 Å². The van der Waals surface area contributed by atoms with Crippen molar-refractivity contribution in [2.45, 2.75) is 26.8 Å². The van der Waals surface area contributed by atoms with Crippen molar-refractivity contribution in [1.29, 1.82) is 0 Å². The van der Waals surface area contributed by atoms with E-state index in [0.717, 1.165) is 10.9 Å². The first-order valence-corrected chi connectivity index (χ1v) is 8.47. The number of rotatable bonds is 5. The monoisotopic (exact) mass is 293 g/mol. The molecule has 0 saturated carbocycles. The highest BCUT2D eigenvalue weighted by molar-refractivity contribution is 7.43. The van der Waals surface area contributed by atoms with Gasteiger partial charge in [-0.25, -0.2) is 4.98 Å². The number of pyridine rings is 1. The van der Waals surface area contributed by atoms with Gasteiger partial charge in [0.15, 0.2) is 0 Å². The third-order valence-electron chi connectivity index (χ3n) is 3.06. The maximum atomic E-state index is 12.3. The van der Waals surface area contributed by atoms with E-state index in [0.29, 0.717) is 30.8 Å². The fourth-order valence-corrected chi connectivity index (χ4v) is 2.40. The van der Waals surface area contributed by atoms with E-state index in [1.54, 1.807) is 17.4 Å². The molecule has 6 nitrogen and oxygen atoms in total. The number of anilines is 1. The Morgan fingerprint density at radius 1 is 1.40 bits per heavy atom. The second-order valence-corrected chi connectivity index (χ2v) is 6.08. The molecule has 1 atom stereocenters. The second-order valence-electron chi connectivity index (χ2n) is 4.51. The van der Waals surface area contributed by atoms with E-state index in [-0.39, 0.29) is 5.56 Å². The van der Waals surface area contributed by atoms with Crippen LogP contribution in [0.15, 0.2) is 17.1 Å². The summed E-state index contributed by atoms with van der Waals surface area (Å²) >= 11 is 0. The SMILES string of the molecule is CCc1cc2cnc(NC[P+](C)=O)nc2n(CC)c1=O. The van der Waals surface area contributed by atoms with Crippen LogP contribution in [0.25, 0.3) is 11.0 Å². The zero-order valence-electron chi connectivity index (χ0n) is 11.9. The summed E-state index contributed by atoms with van der Waals surface area (Å²) in [6.07, 6.45) is 2.70. The molecule has 0 saturated heterocycles. The van der Waals surface area contributed by atoms with Crippen molar-refractivity contribution in [3.63, 3.8) is 0 Å². The Bertz CT molecular complexity index is 711. The van der Waals surface area contributed by atoms with E-state index in [9.17, 15) is 9.36 Å². The Labute approximate surface area is 118 Å². The van der Waals surface area contributed by atoms with Crippen molar-refractivity contribution >= 4 is 24.8 Å². The van der Waals surface area contributed by atoms with E-state index in [2.05, 4.69) is 15.3 Å². The largest absolute Gasteiger partial charge is 0.356 e. The summed E-state index contributed by atoms with van der Waals surface area (Å²) < 4.78 is 12.8. The summed E-state index contributed by atoms with van der Waals surface area (Å²) in [7, 11) is -1.30. The summed E-state index contributed by atoms with van der Waals surface area (Å²) in [4.78, 5) is 20.8. The fraction of sp³-hybridized carbons (Fsp3) is 0.462. The second kappa shape index (κ2) is 6.09. The van der Waals surface area contributed by atoms with Crippen LogP contribution in [-0.2, 0) is 17.5 Å². The molecule has 1 unspecified atom stereocenters. The molecule has 0 aliphatic carbocycles. The normalized spacial score (nSPS) is 11.7. The first-order valence-electron chi connectivity index (χ1n) is 6.58. The van der Waals surface area contributed by atoms with Crippen LogP contribution >= 0.6 is 7.80 Å². The Morgan fingerprint density at radius 3 is 2.75 bits per heavy atom. The average molecular weight is 293 g/mol. The highest BCUT2D eigenvalue weighted by Gasteiger charge is 2.11. The highest BCUT2D eigenvalue weighted by atomic mass is 31.1. The molecule has 106 valence electrons. The first kappa shape index (κ1) is 14.6. The zero-order valence-corrected chi connectivity index (χ0v) is 12.8. The Morgan fingerprint density at radius 2 is 2.15 bits per heavy atom. The molecular formula is C13H18N4O2P+. The number of nitrogens with zero attached hydrogens (tertiary/aromatic N) is 3. The lowest BCUT2D eigenvalue weighted by atomic mass is 10.2. The molecule has 0 amide bonds. The van der Waals surface area contributed by atoms with Gasteiger partial charge >= 0.3 is 7.80 Å². The number of hydrogen-bond donors (Lipinski definition) is 1. The van der Waals surface area contributed by atoms with Gasteiger partial charge in [-0.2, -0.15) is 4.98 Å². The van der Waals surface area contributed by atoms with Crippen molar-refractivity contribution in [2.24, 2.45) is 0 Å². The Kier molecular flexibility index (Phi) is 4.45. The molecule has 20 heavy (non-hydrogen) atoms. The molecule has 1 N–H and O–H groups in total. The molecular weight excluding hydrogens is 275 g/mol. The van der Waals surface area contributed by atoms with Gasteiger partial charge in [-0.1, -0.05) is 11.5 Å². The number of nitrogens with one attached hydrogen (secondary N) is 1. The van der Waals surface area contributed by atoms with Crippen LogP contribution in [0.2, 0.25) is 0 Å². The quantitative estimate of drug-likeness (QED) is 0.855. The van der Waals surface area contributed by atoms with Gasteiger partial charge in [-0.3, -0.25) is 9.36 Å². The van der Waals surface area contributed by atoms with Gasteiger partial charge < -0.3 is 5.32 Å². The van der Waals surface area contributed by atoms with Gasteiger partial charge in [-0.05, 0) is 19.4 Å². The topological polar surface area (TPSA) is 76.9 Å². The molecule has 0 bridgehead atoms. The van der Waals surface area contributed by atoms with Gasteiger partial charge in [0.2, 0.25) is 12.2 Å². The molecule has 0 radical (unpaired) electrons. The van der Waals surface area contributed by atoms with Crippen LogP contribution in [0.3, 0.4) is 0 Å². The summed E-state index contributed by atoms with van der Waals surface area (Å²) in [5.41, 5.74) is 1.37. The van der Waals surface area contributed by atoms with Crippen LogP contribution < -0.4 is 10.9 Å². The molecule has 7 heteroatoms. The minimum Gasteiger partial charge on any atom is -0.313 e. The van der Waals surface area contributed by atoms with E-state index >= 15 is 0 Å². The van der Waals surface area contributed by atoms with Gasteiger partial charge in [0.1, 0.15) is 12.3 Å². The van der Waals surface area contributed by atoms with Crippen molar-refractivity contribution in [3.05, 3.63) is 28.2 Å². The highest BCUT2D eigenvalue weighted by Crippen LogP contribution is 2.16. The summed E-state index contributed by atoms with van der Waals surface area (Å²) in [6, 6.07) is 1.84. The Balaban J connectivity index is 2.56. The van der Waals surface area contributed by atoms with Gasteiger partial charge in [-0.15, -0.1) is 0 Å². The lowest BCUT2D eigenvalue weighted by Crippen LogP contribution is -2.24. The van der Waals surface area contributed by atoms with Gasteiger partial charge in [0, 0.05) is 23.7 Å². The standard InChI is InChI=1S/C13H17N4O2P/c1-4-9-6-10-7-14-13(15-8-20(3)19)16-11(10)17(5-2)12(9)18/h6-7H,4-5,8H2,1-3H3/p+1. The minimum absolute atomic E-state index is 0.00582. The van der Waals surface area contributed by atoms with Crippen molar-refractivity contribution in [1.82, 2.24) is 14.5 Å². The van der Waals surface area contributed by atoms with Crippen molar-refractivity contribution < 1.29 is 4.57 Å². The van der Waals surface area contributed by atoms with E-state index in [1.165, 1.54) is 0 Å². The number of aryl methyl sites for hydroxylation is 2. The summed E-state index contributed by atoms with van der Waals surface area (Å²) in [5, 5.41) is 3.76. The molecule has 2 rings (SSSR count). The molecule has 2 aromatic heterocycles. The first-order chi connectivity index (χ1) is 9.56. The predicted molar refractivity (Wildman–Crippen MR) is 80.9 cm³/mol. The maximum absolute atomic E-state index is 12.3. The molecule has 0 aromatic carbocycles. The molecule has 0 aliphatic rings. The smallest absolute Gasteiger partial charge is 0.313 e. The zero-order chi connectivity index (χ0) is 14.7. The number of hydrogen-bond acceptors (Lipinski definition) is 5. The number of aromatic nitrogens is 3. The minimum atomic E-state index is -1.30. The third kappa shape index (κ3) is 2.85. The third-order valence-corrected chi connectivity index (χ3v) is 3.66. The average Bonchev–Trinajstić information content (AvgIpc) is 2.44. The predicted octanol–water partition coefficient (Wildman–Crippen LogP) is 2.20. The van der Waals surface area contributed by atoms with Crippen molar-refractivity contribution in [2.75, 3.05) is 18.3 Å². The Hall–Kier alpha value is -1.81. The molecule has 2 heterocycles. The van der Waals surface area contributed by atoms with E-state index < -0.39 is 7.80 Å². The van der Waals surface area contributed by atoms with Crippen LogP contribution in [-0.4, -0.2) is 27.5 Å². The van der Waals surface area contributed by atoms with Crippen LogP contribution in [0.5, 0.6) is 0 Å². The molecule has 0 spiro atoms. The van der Waals surface area contributed by atoms with Crippen LogP contribution in [0.1, 0.15) is 19.4 Å². The fourth-order valence-electron chi connectivity index (χ4n) is 2.03. The number of fused-ring (bicyclic) bond motifs is 1. The van der Waals surface area contributed by atoms with Crippen LogP contribution in [0.4, 0.5) is 5.95 Å². The summed E-state index contributed by atoms with van der Waals surface area (Å²) in [5.74, 6) is 0.397. The van der Waals surface area contributed by atoms with E-state index in [4.69, 9.17) is 0 Å². The van der Waals surface area contributed by atoms with Gasteiger partial charge in [0.25, 0.3) is 5.56 Å². The maximum Gasteiger partial charge on any atom is 0.356 e. The van der Waals surface area contributed by atoms with Gasteiger partial charge in [0.05, 0.1) is 0 Å². The van der Waals surface area contributed by atoms with Crippen molar-refractivity contribution in [3.8, 4) is 0 Å². The lowest BCUT2D eigenvalue weighted by molar-refractivity contribution is 0.592. The molecule has 0 fully saturated rings. The lowest BCUT2D eigenvalue weighted by Gasteiger charge is -2.10. The molecule has 0 aliphatic heterocycles.